The second-order valence-electron chi connectivity index (χ2n) is 3.95. The first-order valence-electron chi connectivity index (χ1n) is 5.23. The van der Waals surface area contributed by atoms with Crippen LogP contribution in [-0.4, -0.2) is 16.2 Å². The Labute approximate surface area is 88.4 Å². The van der Waals surface area contributed by atoms with Gasteiger partial charge < -0.3 is 10.2 Å². The van der Waals surface area contributed by atoms with E-state index in [9.17, 15) is 9.90 Å². The number of aromatic hydroxyl groups is 1. The molecular weight excluding hydrogens is 192 g/mol. The predicted molar refractivity (Wildman–Crippen MR) is 56.1 cm³/mol. The van der Waals surface area contributed by atoms with Crippen LogP contribution >= 0.6 is 0 Å². The molecule has 1 aliphatic carbocycles. The summed E-state index contributed by atoms with van der Waals surface area (Å²) < 4.78 is 0. The summed E-state index contributed by atoms with van der Waals surface area (Å²) in [5, 5.41) is 18.2. The van der Waals surface area contributed by atoms with Gasteiger partial charge >= 0.3 is 5.97 Å². The van der Waals surface area contributed by atoms with Crippen molar-refractivity contribution in [2.75, 3.05) is 0 Å². The van der Waals surface area contributed by atoms with Gasteiger partial charge in [-0.3, -0.25) is 4.79 Å². The third kappa shape index (κ3) is 1.96. The summed E-state index contributed by atoms with van der Waals surface area (Å²) in [6, 6.07) is 3.53. The minimum Gasteiger partial charge on any atom is -0.508 e. The molecule has 3 heteroatoms. The molecule has 1 aromatic rings. The Morgan fingerprint density at radius 3 is 2.73 bits per heavy atom. The number of aryl methyl sites for hydroxylation is 1. The number of fused-ring (bicyclic) bond motifs is 1. The SMILES string of the molecule is O=C(O)CCc1ccc(O)c2c1CCC2. The van der Waals surface area contributed by atoms with Crippen molar-refractivity contribution in [1.82, 2.24) is 0 Å². The van der Waals surface area contributed by atoms with Crippen molar-refractivity contribution in [3.8, 4) is 5.75 Å². The van der Waals surface area contributed by atoms with Gasteiger partial charge in [0.15, 0.2) is 0 Å². The first-order valence-corrected chi connectivity index (χ1v) is 5.23. The first-order chi connectivity index (χ1) is 7.18. The zero-order valence-electron chi connectivity index (χ0n) is 8.49. The molecule has 0 heterocycles. The second kappa shape index (κ2) is 3.93. The Morgan fingerprint density at radius 2 is 2.00 bits per heavy atom. The van der Waals surface area contributed by atoms with Crippen molar-refractivity contribution in [3.63, 3.8) is 0 Å². The number of hydrogen-bond donors (Lipinski definition) is 2. The molecular formula is C12H14O3. The molecule has 15 heavy (non-hydrogen) atoms. The van der Waals surface area contributed by atoms with E-state index in [1.807, 2.05) is 6.07 Å². The van der Waals surface area contributed by atoms with E-state index in [1.165, 1.54) is 5.56 Å². The number of carbonyl (C=O) groups is 1. The Balaban J connectivity index is 2.25. The van der Waals surface area contributed by atoms with E-state index in [0.717, 1.165) is 30.4 Å². The molecule has 3 nitrogen and oxygen atoms in total. The standard InChI is InChI=1S/C12H14O3/c13-11-6-4-8(5-7-12(14)15)9-2-1-3-10(9)11/h4,6,13H,1-3,5,7H2,(H,14,15). The third-order valence-corrected chi connectivity index (χ3v) is 2.97. The van der Waals surface area contributed by atoms with Gasteiger partial charge in [-0.25, -0.2) is 0 Å². The summed E-state index contributed by atoms with van der Waals surface area (Å²) in [4.78, 5) is 10.5. The second-order valence-corrected chi connectivity index (χ2v) is 3.95. The molecule has 0 bridgehead atoms. The topological polar surface area (TPSA) is 57.5 Å². The highest BCUT2D eigenvalue weighted by molar-refractivity contribution is 5.67. The Kier molecular flexibility index (Phi) is 2.62. The van der Waals surface area contributed by atoms with E-state index >= 15 is 0 Å². The van der Waals surface area contributed by atoms with E-state index in [0.29, 0.717) is 12.2 Å². The molecule has 80 valence electrons. The largest absolute Gasteiger partial charge is 0.508 e. The minimum absolute atomic E-state index is 0.164. The van der Waals surface area contributed by atoms with Crippen LogP contribution in [0.15, 0.2) is 12.1 Å². The number of benzene rings is 1. The van der Waals surface area contributed by atoms with Gasteiger partial charge in [-0.05, 0) is 48.4 Å². The number of phenols is 1. The zero-order valence-corrected chi connectivity index (χ0v) is 8.49. The molecule has 0 saturated carbocycles. The van der Waals surface area contributed by atoms with Gasteiger partial charge in [-0.1, -0.05) is 6.07 Å². The van der Waals surface area contributed by atoms with Crippen LogP contribution in [0, 0.1) is 0 Å². The molecule has 0 unspecified atom stereocenters. The molecule has 1 aromatic carbocycles. The van der Waals surface area contributed by atoms with Gasteiger partial charge in [-0.15, -0.1) is 0 Å². The normalized spacial score (nSPS) is 13.9. The van der Waals surface area contributed by atoms with Crippen molar-refractivity contribution in [3.05, 3.63) is 28.8 Å². The van der Waals surface area contributed by atoms with Gasteiger partial charge in [0.25, 0.3) is 0 Å². The highest BCUT2D eigenvalue weighted by atomic mass is 16.4. The number of carboxylic acids is 1. The molecule has 0 fully saturated rings. The van der Waals surface area contributed by atoms with Crippen LogP contribution in [0.5, 0.6) is 5.75 Å². The van der Waals surface area contributed by atoms with Gasteiger partial charge in [0.05, 0.1) is 0 Å². The van der Waals surface area contributed by atoms with Crippen LogP contribution in [0.1, 0.15) is 29.5 Å². The molecule has 2 rings (SSSR count). The Bertz CT molecular complexity index is 396. The van der Waals surface area contributed by atoms with E-state index in [2.05, 4.69) is 0 Å². The zero-order chi connectivity index (χ0) is 10.8. The molecule has 0 saturated heterocycles. The summed E-state index contributed by atoms with van der Waals surface area (Å²) in [5.74, 6) is -0.406. The number of carboxylic acid groups (broad SMARTS) is 1. The van der Waals surface area contributed by atoms with Crippen LogP contribution in [-0.2, 0) is 24.1 Å². The van der Waals surface area contributed by atoms with Gasteiger partial charge in [0.1, 0.15) is 5.75 Å². The van der Waals surface area contributed by atoms with Crippen molar-refractivity contribution in [2.45, 2.75) is 32.1 Å². The van der Waals surface area contributed by atoms with Crippen LogP contribution in [0.2, 0.25) is 0 Å². The van der Waals surface area contributed by atoms with Gasteiger partial charge in [-0.2, -0.15) is 0 Å². The van der Waals surface area contributed by atoms with Crippen molar-refractivity contribution >= 4 is 5.97 Å². The average Bonchev–Trinajstić information content (AvgIpc) is 2.66. The minimum atomic E-state index is -0.769. The monoisotopic (exact) mass is 206 g/mol. The maximum absolute atomic E-state index is 10.5. The van der Waals surface area contributed by atoms with Gasteiger partial charge in [0.2, 0.25) is 0 Å². The smallest absolute Gasteiger partial charge is 0.303 e. The van der Waals surface area contributed by atoms with Crippen molar-refractivity contribution in [2.24, 2.45) is 0 Å². The van der Waals surface area contributed by atoms with E-state index in [-0.39, 0.29) is 6.42 Å². The fourth-order valence-corrected chi connectivity index (χ4v) is 2.24. The molecule has 0 atom stereocenters. The molecule has 0 amide bonds. The molecule has 0 radical (unpaired) electrons. The van der Waals surface area contributed by atoms with Crippen LogP contribution in [0.25, 0.3) is 0 Å². The quantitative estimate of drug-likeness (QED) is 0.794. The summed E-state index contributed by atoms with van der Waals surface area (Å²) in [6.07, 6.45) is 3.68. The Morgan fingerprint density at radius 1 is 1.27 bits per heavy atom. The highest BCUT2D eigenvalue weighted by Gasteiger charge is 2.18. The average molecular weight is 206 g/mol. The van der Waals surface area contributed by atoms with Crippen LogP contribution in [0.4, 0.5) is 0 Å². The summed E-state index contributed by atoms with van der Waals surface area (Å²) in [5.41, 5.74) is 3.29. The number of rotatable bonds is 3. The molecule has 0 spiro atoms. The molecule has 0 aromatic heterocycles. The van der Waals surface area contributed by atoms with E-state index in [4.69, 9.17) is 5.11 Å². The lowest BCUT2D eigenvalue weighted by Crippen LogP contribution is -2.00. The number of hydrogen-bond acceptors (Lipinski definition) is 2. The maximum atomic E-state index is 10.5. The lowest BCUT2D eigenvalue weighted by Gasteiger charge is -2.08. The summed E-state index contributed by atoms with van der Waals surface area (Å²) in [6.45, 7) is 0. The fraction of sp³-hybridized carbons (Fsp3) is 0.417. The number of phenolic OH excluding ortho intramolecular Hbond substituents is 1. The van der Waals surface area contributed by atoms with Crippen LogP contribution < -0.4 is 0 Å². The molecule has 1 aliphatic rings. The lowest BCUT2D eigenvalue weighted by molar-refractivity contribution is -0.136. The fourth-order valence-electron chi connectivity index (χ4n) is 2.24. The van der Waals surface area contributed by atoms with Crippen LogP contribution in [0.3, 0.4) is 0 Å². The van der Waals surface area contributed by atoms with Crippen molar-refractivity contribution in [1.29, 1.82) is 0 Å². The summed E-state index contributed by atoms with van der Waals surface area (Å²) >= 11 is 0. The lowest BCUT2D eigenvalue weighted by atomic mass is 9.99. The predicted octanol–water partition coefficient (Wildman–Crippen LogP) is 1.90. The molecule has 0 aliphatic heterocycles. The highest BCUT2D eigenvalue weighted by Crippen LogP contribution is 2.32. The Hall–Kier alpha value is -1.51. The summed E-state index contributed by atoms with van der Waals surface area (Å²) in [7, 11) is 0. The maximum Gasteiger partial charge on any atom is 0.303 e. The van der Waals surface area contributed by atoms with Gasteiger partial charge in [0, 0.05) is 6.42 Å². The third-order valence-electron chi connectivity index (χ3n) is 2.97. The van der Waals surface area contributed by atoms with Crippen molar-refractivity contribution < 1.29 is 15.0 Å². The first kappa shape index (κ1) is 10.0. The number of aliphatic carboxylic acids is 1. The van der Waals surface area contributed by atoms with E-state index < -0.39 is 5.97 Å². The molecule has 2 N–H and O–H groups in total. The van der Waals surface area contributed by atoms with E-state index in [1.54, 1.807) is 6.07 Å².